The van der Waals surface area contributed by atoms with Gasteiger partial charge in [0.1, 0.15) is 0 Å². The molecular formula is C12H18N4O2. The van der Waals surface area contributed by atoms with Crippen molar-refractivity contribution in [2.75, 3.05) is 18.4 Å². The molecule has 0 radical (unpaired) electrons. The van der Waals surface area contributed by atoms with Crippen LogP contribution >= 0.6 is 0 Å². The Hall–Kier alpha value is -2.08. The third-order valence-corrected chi connectivity index (χ3v) is 2.20. The maximum absolute atomic E-state index is 10.8. The van der Waals surface area contributed by atoms with E-state index < -0.39 is 6.03 Å². The summed E-state index contributed by atoms with van der Waals surface area (Å²) in [6.07, 6.45) is 0. The summed E-state index contributed by atoms with van der Waals surface area (Å²) in [4.78, 5) is 21.2. The first-order chi connectivity index (χ1) is 8.58. The van der Waals surface area contributed by atoms with Crippen molar-refractivity contribution < 1.29 is 9.59 Å². The van der Waals surface area contributed by atoms with Gasteiger partial charge in [-0.1, -0.05) is 12.1 Å². The molecule has 18 heavy (non-hydrogen) atoms. The van der Waals surface area contributed by atoms with Crippen LogP contribution in [0.1, 0.15) is 12.5 Å². The van der Waals surface area contributed by atoms with Crippen LogP contribution in [0.2, 0.25) is 0 Å². The summed E-state index contributed by atoms with van der Waals surface area (Å²) in [6, 6.07) is 7.04. The average Bonchev–Trinajstić information content (AvgIpc) is 2.30. The summed E-state index contributed by atoms with van der Waals surface area (Å²) in [7, 11) is 0. The van der Waals surface area contributed by atoms with E-state index in [1.165, 1.54) is 6.92 Å². The molecule has 1 aromatic rings. The first-order valence-corrected chi connectivity index (χ1v) is 5.68. The predicted octanol–water partition coefficient (Wildman–Crippen LogP) is 0.403. The van der Waals surface area contributed by atoms with Crippen molar-refractivity contribution in [2.45, 2.75) is 13.5 Å². The Balaban J connectivity index is 2.26. The van der Waals surface area contributed by atoms with E-state index in [2.05, 4.69) is 16.0 Å². The highest BCUT2D eigenvalue weighted by Gasteiger charge is 1.96. The molecule has 3 amide bonds. The van der Waals surface area contributed by atoms with Gasteiger partial charge in [-0.05, 0) is 17.7 Å². The maximum atomic E-state index is 10.8. The molecule has 0 spiro atoms. The molecule has 0 aromatic heterocycles. The van der Waals surface area contributed by atoms with E-state index in [1.54, 1.807) is 0 Å². The standard InChI is InChI=1S/C12H18N4O2/c1-9(17)16-11-4-2-10(3-5-11)8-14-6-7-15-12(13)18/h2-5,14H,6-8H2,1H3,(H,16,17)(H3,13,15,18). The highest BCUT2D eigenvalue weighted by atomic mass is 16.2. The smallest absolute Gasteiger partial charge is 0.312 e. The minimum absolute atomic E-state index is 0.0848. The van der Waals surface area contributed by atoms with Gasteiger partial charge in [0.25, 0.3) is 0 Å². The topological polar surface area (TPSA) is 96.2 Å². The Morgan fingerprint density at radius 3 is 2.39 bits per heavy atom. The van der Waals surface area contributed by atoms with Crippen LogP contribution in [-0.2, 0) is 11.3 Å². The van der Waals surface area contributed by atoms with Gasteiger partial charge in [-0.15, -0.1) is 0 Å². The number of benzene rings is 1. The van der Waals surface area contributed by atoms with Crippen molar-refractivity contribution in [3.63, 3.8) is 0 Å². The molecule has 1 rings (SSSR count). The van der Waals surface area contributed by atoms with Gasteiger partial charge in [0.05, 0.1) is 0 Å². The number of amides is 3. The predicted molar refractivity (Wildman–Crippen MR) is 70.0 cm³/mol. The molecule has 0 aliphatic rings. The monoisotopic (exact) mass is 250 g/mol. The highest BCUT2D eigenvalue weighted by molar-refractivity contribution is 5.88. The van der Waals surface area contributed by atoms with E-state index in [0.29, 0.717) is 19.6 Å². The number of primary amides is 1. The van der Waals surface area contributed by atoms with Gasteiger partial charge in [-0.25, -0.2) is 4.79 Å². The largest absolute Gasteiger partial charge is 0.352 e. The second-order valence-electron chi connectivity index (χ2n) is 3.85. The van der Waals surface area contributed by atoms with Crippen molar-refractivity contribution in [3.8, 4) is 0 Å². The number of carbonyl (C=O) groups is 2. The van der Waals surface area contributed by atoms with Gasteiger partial charge < -0.3 is 21.7 Å². The summed E-state index contributed by atoms with van der Waals surface area (Å²) in [6.45, 7) is 3.32. The third-order valence-electron chi connectivity index (χ3n) is 2.20. The number of carbonyl (C=O) groups excluding carboxylic acids is 2. The van der Waals surface area contributed by atoms with Crippen LogP contribution in [-0.4, -0.2) is 25.0 Å². The number of urea groups is 1. The zero-order valence-electron chi connectivity index (χ0n) is 10.3. The zero-order valence-corrected chi connectivity index (χ0v) is 10.3. The summed E-state index contributed by atoms with van der Waals surface area (Å²) < 4.78 is 0. The third kappa shape index (κ3) is 5.86. The maximum Gasteiger partial charge on any atom is 0.312 e. The minimum Gasteiger partial charge on any atom is -0.352 e. The van der Waals surface area contributed by atoms with Crippen LogP contribution in [0.25, 0.3) is 0 Å². The van der Waals surface area contributed by atoms with Crippen LogP contribution in [0, 0.1) is 0 Å². The fourth-order valence-corrected chi connectivity index (χ4v) is 1.42. The molecule has 0 fully saturated rings. The van der Waals surface area contributed by atoms with Crippen molar-refractivity contribution in [2.24, 2.45) is 5.73 Å². The van der Waals surface area contributed by atoms with E-state index in [9.17, 15) is 9.59 Å². The summed E-state index contributed by atoms with van der Waals surface area (Å²) in [5.41, 5.74) is 6.81. The molecule has 6 heteroatoms. The summed E-state index contributed by atoms with van der Waals surface area (Å²) >= 11 is 0. The van der Waals surface area contributed by atoms with Gasteiger partial charge in [-0.3, -0.25) is 4.79 Å². The second-order valence-corrected chi connectivity index (χ2v) is 3.85. The summed E-state index contributed by atoms with van der Waals surface area (Å²) in [5.74, 6) is -0.0848. The Bertz CT molecular complexity index is 403. The molecular weight excluding hydrogens is 232 g/mol. The Morgan fingerprint density at radius 2 is 1.83 bits per heavy atom. The number of nitrogens with one attached hydrogen (secondary N) is 3. The molecule has 0 atom stereocenters. The van der Waals surface area contributed by atoms with Crippen LogP contribution in [0.5, 0.6) is 0 Å². The van der Waals surface area contributed by atoms with Crippen LogP contribution in [0.3, 0.4) is 0 Å². The normalized spacial score (nSPS) is 9.83. The van der Waals surface area contributed by atoms with Crippen molar-refractivity contribution in [1.82, 2.24) is 10.6 Å². The number of rotatable bonds is 6. The molecule has 0 aliphatic heterocycles. The molecule has 6 nitrogen and oxygen atoms in total. The number of hydrogen-bond acceptors (Lipinski definition) is 3. The molecule has 0 heterocycles. The first-order valence-electron chi connectivity index (χ1n) is 5.68. The molecule has 0 bridgehead atoms. The lowest BCUT2D eigenvalue weighted by Gasteiger charge is -2.06. The number of hydrogen-bond donors (Lipinski definition) is 4. The molecule has 5 N–H and O–H groups in total. The lowest BCUT2D eigenvalue weighted by Crippen LogP contribution is -2.35. The second kappa shape index (κ2) is 7.29. The van der Waals surface area contributed by atoms with E-state index in [-0.39, 0.29) is 5.91 Å². The van der Waals surface area contributed by atoms with Crippen LogP contribution in [0.15, 0.2) is 24.3 Å². The molecule has 1 aromatic carbocycles. The van der Waals surface area contributed by atoms with Gasteiger partial charge >= 0.3 is 6.03 Å². The Morgan fingerprint density at radius 1 is 1.17 bits per heavy atom. The number of anilines is 1. The van der Waals surface area contributed by atoms with Gasteiger partial charge in [0.15, 0.2) is 0 Å². The Kier molecular flexibility index (Phi) is 5.66. The lowest BCUT2D eigenvalue weighted by molar-refractivity contribution is -0.114. The van der Waals surface area contributed by atoms with Gasteiger partial charge in [0, 0.05) is 32.2 Å². The summed E-state index contributed by atoms with van der Waals surface area (Å²) in [5, 5.41) is 8.35. The fraction of sp³-hybridized carbons (Fsp3) is 0.333. The Labute approximate surface area is 106 Å². The minimum atomic E-state index is -0.517. The van der Waals surface area contributed by atoms with E-state index in [1.807, 2.05) is 24.3 Å². The van der Waals surface area contributed by atoms with Crippen molar-refractivity contribution in [1.29, 1.82) is 0 Å². The van der Waals surface area contributed by atoms with E-state index in [4.69, 9.17) is 5.73 Å². The molecule has 0 aliphatic carbocycles. The van der Waals surface area contributed by atoms with Crippen molar-refractivity contribution in [3.05, 3.63) is 29.8 Å². The first kappa shape index (κ1) is 14.0. The fourth-order valence-electron chi connectivity index (χ4n) is 1.42. The van der Waals surface area contributed by atoms with Gasteiger partial charge in [0.2, 0.25) is 5.91 Å². The molecule has 0 saturated heterocycles. The lowest BCUT2D eigenvalue weighted by atomic mass is 10.2. The number of nitrogens with two attached hydrogens (primary N) is 1. The molecule has 0 saturated carbocycles. The zero-order chi connectivity index (χ0) is 13.4. The van der Waals surface area contributed by atoms with Crippen molar-refractivity contribution >= 4 is 17.6 Å². The molecule has 0 unspecified atom stereocenters. The SMILES string of the molecule is CC(=O)Nc1ccc(CNCCNC(N)=O)cc1. The highest BCUT2D eigenvalue weighted by Crippen LogP contribution is 2.08. The van der Waals surface area contributed by atoms with E-state index in [0.717, 1.165) is 11.3 Å². The van der Waals surface area contributed by atoms with Gasteiger partial charge in [-0.2, -0.15) is 0 Å². The molecule has 98 valence electrons. The average molecular weight is 250 g/mol. The van der Waals surface area contributed by atoms with Crippen LogP contribution < -0.4 is 21.7 Å². The quantitative estimate of drug-likeness (QED) is 0.550. The van der Waals surface area contributed by atoms with E-state index >= 15 is 0 Å². The van der Waals surface area contributed by atoms with Crippen LogP contribution in [0.4, 0.5) is 10.5 Å².